The van der Waals surface area contributed by atoms with E-state index >= 15 is 0 Å². The fraction of sp³-hybridized carbons (Fsp3) is 0.280. The number of H-pyrrole nitrogens is 1. The summed E-state index contributed by atoms with van der Waals surface area (Å²) in [6.45, 7) is 4.26. The van der Waals surface area contributed by atoms with Crippen LogP contribution in [0.5, 0.6) is 11.5 Å². The Morgan fingerprint density at radius 3 is 2.62 bits per heavy atom. The minimum absolute atomic E-state index is 0.231. The number of aromatic amines is 1. The molecule has 4 aromatic rings. The maximum absolute atomic E-state index is 12.6. The molecule has 0 atom stereocenters. The molecule has 4 rings (SSSR count). The van der Waals surface area contributed by atoms with Crippen LogP contribution in [0.1, 0.15) is 35.5 Å². The van der Waals surface area contributed by atoms with Gasteiger partial charge in [0.05, 0.1) is 31.5 Å². The minimum Gasteiger partial charge on any atom is -0.497 e. The quantitative estimate of drug-likeness (QED) is 0.392. The SMILES string of the molecule is COCc1c(C(=O)OC(C)C)ncc2[nH]c3ccc(OCc4cccc(OC)c4)cc3c12. The van der Waals surface area contributed by atoms with Crippen molar-refractivity contribution in [3.63, 3.8) is 0 Å². The molecular formula is C25H26N2O5. The standard InChI is InChI=1S/C25H26N2O5/c1-15(2)32-25(28)24-20(14-29-3)23-19-11-18(8-9-21(19)27-22(23)12-26-24)31-13-16-6-5-7-17(10-16)30-4/h5-12,15,27H,13-14H2,1-4H3. The van der Waals surface area contributed by atoms with Crippen LogP contribution in [0.3, 0.4) is 0 Å². The summed E-state index contributed by atoms with van der Waals surface area (Å²) in [5.74, 6) is 1.04. The highest BCUT2D eigenvalue weighted by Gasteiger charge is 2.21. The van der Waals surface area contributed by atoms with E-state index in [-0.39, 0.29) is 18.4 Å². The molecule has 32 heavy (non-hydrogen) atoms. The maximum Gasteiger partial charge on any atom is 0.357 e. The van der Waals surface area contributed by atoms with Crippen molar-refractivity contribution >= 4 is 27.8 Å². The largest absolute Gasteiger partial charge is 0.497 e. The van der Waals surface area contributed by atoms with Crippen molar-refractivity contribution < 1.29 is 23.7 Å². The van der Waals surface area contributed by atoms with Crippen LogP contribution < -0.4 is 9.47 Å². The third-order valence-corrected chi connectivity index (χ3v) is 5.07. The van der Waals surface area contributed by atoms with Crippen molar-refractivity contribution in [3.05, 3.63) is 65.5 Å². The Morgan fingerprint density at radius 1 is 1.03 bits per heavy atom. The first-order valence-electron chi connectivity index (χ1n) is 10.4. The van der Waals surface area contributed by atoms with E-state index in [1.165, 1.54) is 0 Å². The summed E-state index contributed by atoms with van der Waals surface area (Å²) in [6.07, 6.45) is 1.41. The molecule has 2 aromatic carbocycles. The number of esters is 1. The molecule has 7 heteroatoms. The van der Waals surface area contributed by atoms with Crippen molar-refractivity contribution in [2.45, 2.75) is 33.2 Å². The van der Waals surface area contributed by atoms with E-state index in [1.54, 1.807) is 20.4 Å². The number of carbonyl (C=O) groups excluding carboxylic acids is 1. The first-order valence-corrected chi connectivity index (χ1v) is 10.4. The Hall–Kier alpha value is -3.58. The summed E-state index contributed by atoms with van der Waals surface area (Å²) < 4.78 is 22.1. The lowest BCUT2D eigenvalue weighted by Crippen LogP contribution is -2.15. The number of benzene rings is 2. The van der Waals surface area contributed by atoms with Crippen LogP contribution in [-0.2, 0) is 22.7 Å². The van der Waals surface area contributed by atoms with Crippen LogP contribution in [0.2, 0.25) is 0 Å². The molecule has 1 N–H and O–H groups in total. The van der Waals surface area contributed by atoms with E-state index in [9.17, 15) is 4.79 Å². The highest BCUT2D eigenvalue weighted by atomic mass is 16.5. The van der Waals surface area contributed by atoms with Gasteiger partial charge < -0.3 is 23.9 Å². The zero-order chi connectivity index (χ0) is 22.7. The highest BCUT2D eigenvalue weighted by molar-refractivity contribution is 6.11. The zero-order valence-corrected chi connectivity index (χ0v) is 18.6. The number of nitrogens with zero attached hydrogens (tertiary/aromatic N) is 1. The molecule has 0 fully saturated rings. The summed E-state index contributed by atoms with van der Waals surface area (Å²) in [6, 6.07) is 13.6. The van der Waals surface area contributed by atoms with Crippen molar-refractivity contribution in [3.8, 4) is 11.5 Å². The van der Waals surface area contributed by atoms with Gasteiger partial charge >= 0.3 is 5.97 Å². The Balaban J connectivity index is 1.73. The second-order valence-corrected chi connectivity index (χ2v) is 7.73. The first kappa shape index (κ1) is 21.6. The fourth-order valence-corrected chi connectivity index (χ4v) is 3.69. The first-order chi connectivity index (χ1) is 15.5. The Kier molecular flexibility index (Phi) is 6.28. The van der Waals surface area contributed by atoms with Crippen LogP contribution in [-0.4, -0.2) is 36.3 Å². The number of hydrogen-bond acceptors (Lipinski definition) is 6. The van der Waals surface area contributed by atoms with Crippen molar-refractivity contribution in [1.82, 2.24) is 9.97 Å². The second-order valence-electron chi connectivity index (χ2n) is 7.73. The van der Waals surface area contributed by atoms with Gasteiger partial charge in [-0.05, 0) is 49.7 Å². The fourth-order valence-electron chi connectivity index (χ4n) is 3.69. The molecular weight excluding hydrogens is 408 g/mol. The molecule has 7 nitrogen and oxygen atoms in total. The number of pyridine rings is 1. The Bertz CT molecular complexity index is 1260. The average molecular weight is 434 g/mol. The zero-order valence-electron chi connectivity index (χ0n) is 18.6. The number of hydrogen-bond donors (Lipinski definition) is 1. The molecule has 0 aliphatic rings. The van der Waals surface area contributed by atoms with Gasteiger partial charge in [0.1, 0.15) is 18.1 Å². The van der Waals surface area contributed by atoms with Crippen LogP contribution in [0.4, 0.5) is 0 Å². The van der Waals surface area contributed by atoms with Crippen LogP contribution >= 0.6 is 0 Å². The summed E-state index contributed by atoms with van der Waals surface area (Å²) in [7, 11) is 3.23. The number of aromatic nitrogens is 2. The highest BCUT2D eigenvalue weighted by Crippen LogP contribution is 2.33. The van der Waals surface area contributed by atoms with E-state index in [4.69, 9.17) is 18.9 Å². The molecule has 0 saturated carbocycles. The summed E-state index contributed by atoms with van der Waals surface area (Å²) in [5.41, 5.74) is 3.69. The molecule has 0 spiro atoms. The number of carbonyl (C=O) groups is 1. The van der Waals surface area contributed by atoms with Crippen LogP contribution in [0, 0.1) is 0 Å². The van der Waals surface area contributed by atoms with Crippen molar-refractivity contribution in [2.75, 3.05) is 14.2 Å². The van der Waals surface area contributed by atoms with E-state index in [2.05, 4.69) is 9.97 Å². The molecule has 166 valence electrons. The maximum atomic E-state index is 12.6. The van der Waals surface area contributed by atoms with Crippen LogP contribution in [0.25, 0.3) is 21.8 Å². The van der Waals surface area contributed by atoms with Gasteiger partial charge in [0.25, 0.3) is 0 Å². The predicted molar refractivity (Wildman–Crippen MR) is 122 cm³/mol. The topological polar surface area (TPSA) is 82.7 Å². The third-order valence-electron chi connectivity index (χ3n) is 5.07. The molecule has 0 radical (unpaired) electrons. The molecule has 2 heterocycles. The normalized spacial score (nSPS) is 11.3. The molecule has 0 aliphatic carbocycles. The van der Waals surface area contributed by atoms with E-state index in [0.717, 1.165) is 33.1 Å². The van der Waals surface area contributed by atoms with Gasteiger partial charge in [-0.2, -0.15) is 0 Å². The third kappa shape index (κ3) is 4.38. The number of fused-ring (bicyclic) bond motifs is 3. The summed E-state index contributed by atoms with van der Waals surface area (Å²) in [4.78, 5) is 20.4. The van der Waals surface area contributed by atoms with Gasteiger partial charge in [-0.15, -0.1) is 0 Å². The molecule has 0 aliphatic heterocycles. The van der Waals surface area contributed by atoms with E-state index in [0.29, 0.717) is 17.9 Å². The lowest BCUT2D eigenvalue weighted by molar-refractivity contribution is 0.0366. The second kappa shape index (κ2) is 9.28. The molecule has 0 saturated heterocycles. The van der Waals surface area contributed by atoms with Gasteiger partial charge in [-0.25, -0.2) is 9.78 Å². The van der Waals surface area contributed by atoms with E-state index in [1.807, 2.05) is 56.3 Å². The van der Waals surface area contributed by atoms with Crippen LogP contribution in [0.15, 0.2) is 48.7 Å². The van der Waals surface area contributed by atoms with Gasteiger partial charge in [0.15, 0.2) is 5.69 Å². The minimum atomic E-state index is -0.464. The monoisotopic (exact) mass is 434 g/mol. The molecule has 0 unspecified atom stereocenters. The summed E-state index contributed by atoms with van der Waals surface area (Å²) >= 11 is 0. The predicted octanol–water partition coefficient (Wildman–Crippen LogP) is 5.02. The molecule has 0 amide bonds. The number of methoxy groups -OCH3 is 2. The number of rotatable bonds is 8. The van der Waals surface area contributed by atoms with Gasteiger partial charge in [0, 0.05) is 29.0 Å². The lowest BCUT2D eigenvalue weighted by atomic mass is 10.1. The Morgan fingerprint density at radius 2 is 1.88 bits per heavy atom. The van der Waals surface area contributed by atoms with Gasteiger partial charge in [0.2, 0.25) is 0 Å². The van der Waals surface area contributed by atoms with E-state index < -0.39 is 5.97 Å². The van der Waals surface area contributed by atoms with Crippen molar-refractivity contribution in [1.29, 1.82) is 0 Å². The number of nitrogens with one attached hydrogen (secondary N) is 1. The van der Waals surface area contributed by atoms with Gasteiger partial charge in [-0.3, -0.25) is 0 Å². The number of ether oxygens (including phenoxy) is 4. The molecule has 0 bridgehead atoms. The summed E-state index contributed by atoms with van der Waals surface area (Å²) in [5, 5.41) is 1.80. The smallest absolute Gasteiger partial charge is 0.357 e. The van der Waals surface area contributed by atoms with Crippen molar-refractivity contribution in [2.24, 2.45) is 0 Å². The molecule has 2 aromatic heterocycles. The average Bonchev–Trinajstić information content (AvgIpc) is 3.16. The Labute approximate surface area is 186 Å². The van der Waals surface area contributed by atoms with Gasteiger partial charge in [-0.1, -0.05) is 12.1 Å². The lowest BCUT2D eigenvalue weighted by Gasteiger charge is -2.12.